The van der Waals surface area contributed by atoms with E-state index in [0.717, 1.165) is 12.8 Å². The number of hydrogen-bond donors (Lipinski definition) is 2. The molecule has 21 heavy (non-hydrogen) atoms. The van der Waals surface area contributed by atoms with E-state index in [1.165, 1.54) is 18.2 Å². The van der Waals surface area contributed by atoms with Crippen LogP contribution in [0.25, 0.3) is 0 Å². The van der Waals surface area contributed by atoms with Crippen LogP contribution in [0.3, 0.4) is 0 Å². The molecule has 1 saturated carbocycles. The Hall–Kier alpha value is -0.840. The van der Waals surface area contributed by atoms with E-state index in [9.17, 15) is 8.42 Å². The summed E-state index contributed by atoms with van der Waals surface area (Å²) < 4.78 is 27.4. The molecule has 3 N–H and O–H groups in total. The number of sulfonamides is 1. The number of nitrogens with two attached hydrogens (primary N) is 1. The normalized spacial score (nSPS) is 17.4. The number of hydrogen-bond acceptors (Lipinski definition) is 4. The number of halogens is 2. The summed E-state index contributed by atoms with van der Waals surface area (Å²) in [6, 6.07) is 5.95. The molecule has 1 aliphatic rings. The van der Waals surface area contributed by atoms with Crippen molar-refractivity contribution in [2.75, 3.05) is 6.54 Å². The van der Waals surface area contributed by atoms with Gasteiger partial charge in [-0.1, -0.05) is 11.6 Å². The van der Waals surface area contributed by atoms with E-state index in [2.05, 4.69) is 4.72 Å². The topological polar surface area (TPSA) is 96.0 Å². The van der Waals surface area contributed by atoms with Gasteiger partial charge < -0.3 is 5.73 Å². The highest BCUT2D eigenvalue weighted by Gasteiger charge is 2.43. The van der Waals surface area contributed by atoms with Gasteiger partial charge in [-0.15, -0.1) is 12.4 Å². The Morgan fingerprint density at radius 3 is 2.57 bits per heavy atom. The average molecular weight is 350 g/mol. The molecule has 1 aromatic rings. The Labute approximate surface area is 135 Å². The molecule has 0 saturated heterocycles. The number of rotatable bonds is 5. The summed E-state index contributed by atoms with van der Waals surface area (Å²) in [6.07, 6.45) is 1.95. The van der Waals surface area contributed by atoms with Crippen LogP contribution in [-0.4, -0.2) is 20.5 Å². The van der Waals surface area contributed by atoms with Crippen molar-refractivity contribution < 1.29 is 8.42 Å². The molecule has 1 atom stereocenters. The van der Waals surface area contributed by atoms with Gasteiger partial charge in [-0.25, -0.2) is 13.1 Å². The first-order valence-corrected chi connectivity index (χ1v) is 8.12. The van der Waals surface area contributed by atoms with Gasteiger partial charge in [0.2, 0.25) is 10.0 Å². The van der Waals surface area contributed by atoms with E-state index in [1.54, 1.807) is 0 Å². The van der Waals surface area contributed by atoms with Gasteiger partial charge in [-0.3, -0.25) is 0 Å². The van der Waals surface area contributed by atoms with E-state index in [1.807, 2.05) is 13.0 Å². The summed E-state index contributed by atoms with van der Waals surface area (Å²) in [5, 5.41) is 8.92. The summed E-state index contributed by atoms with van der Waals surface area (Å²) in [4.78, 5) is 0.0434. The zero-order valence-electron chi connectivity index (χ0n) is 11.5. The third-order valence-corrected chi connectivity index (χ3v) is 5.56. The number of nitrogens with one attached hydrogen (secondary N) is 1. The molecule has 2 rings (SSSR count). The standard InChI is InChI=1S/C13H16ClN3O2S.ClH/c1-13(8-16,10-3-4-10)17-20(18,19)11-5-2-9(7-15)12(14)6-11;/h2,5-6,10,17H,3-4,8,16H2,1H3;1H. The summed E-state index contributed by atoms with van der Waals surface area (Å²) in [7, 11) is -3.71. The average Bonchev–Trinajstić information content (AvgIpc) is 3.22. The van der Waals surface area contributed by atoms with E-state index in [-0.39, 0.29) is 40.4 Å². The van der Waals surface area contributed by atoms with Crippen molar-refractivity contribution in [3.8, 4) is 6.07 Å². The first-order chi connectivity index (χ1) is 9.32. The van der Waals surface area contributed by atoms with Crippen LogP contribution in [0.15, 0.2) is 23.1 Å². The molecule has 0 heterocycles. The van der Waals surface area contributed by atoms with Crippen molar-refractivity contribution >= 4 is 34.0 Å². The van der Waals surface area contributed by atoms with Crippen LogP contribution in [0.1, 0.15) is 25.3 Å². The van der Waals surface area contributed by atoms with E-state index in [4.69, 9.17) is 22.6 Å². The van der Waals surface area contributed by atoms with Crippen molar-refractivity contribution in [2.45, 2.75) is 30.2 Å². The third kappa shape index (κ3) is 3.87. The van der Waals surface area contributed by atoms with Crippen molar-refractivity contribution in [3.63, 3.8) is 0 Å². The van der Waals surface area contributed by atoms with E-state index < -0.39 is 15.6 Å². The maximum Gasteiger partial charge on any atom is 0.241 e. The summed E-state index contributed by atoms with van der Waals surface area (Å²) in [5.41, 5.74) is 5.32. The first-order valence-electron chi connectivity index (χ1n) is 6.26. The summed E-state index contributed by atoms with van der Waals surface area (Å²) >= 11 is 5.88. The molecule has 1 unspecified atom stereocenters. The lowest BCUT2D eigenvalue weighted by molar-refractivity contribution is 0.374. The second-order valence-electron chi connectivity index (χ2n) is 5.25. The Morgan fingerprint density at radius 1 is 1.52 bits per heavy atom. The van der Waals surface area contributed by atoms with Crippen LogP contribution < -0.4 is 10.5 Å². The molecule has 1 aliphatic carbocycles. The van der Waals surface area contributed by atoms with Crippen molar-refractivity contribution in [2.24, 2.45) is 11.7 Å². The Balaban J connectivity index is 0.00000220. The fourth-order valence-corrected chi connectivity index (χ4v) is 3.92. The van der Waals surface area contributed by atoms with Crippen LogP contribution >= 0.6 is 24.0 Å². The molecule has 0 spiro atoms. The fourth-order valence-electron chi connectivity index (χ4n) is 2.13. The van der Waals surface area contributed by atoms with Gasteiger partial charge in [-0.2, -0.15) is 5.26 Å². The number of benzene rings is 1. The molecule has 0 amide bonds. The first kappa shape index (κ1) is 18.2. The fraction of sp³-hybridized carbons (Fsp3) is 0.462. The van der Waals surface area contributed by atoms with Gasteiger partial charge in [0.25, 0.3) is 0 Å². The highest BCUT2D eigenvalue weighted by molar-refractivity contribution is 7.89. The van der Waals surface area contributed by atoms with E-state index >= 15 is 0 Å². The highest BCUT2D eigenvalue weighted by Crippen LogP contribution is 2.39. The molecule has 8 heteroatoms. The van der Waals surface area contributed by atoms with E-state index in [0.29, 0.717) is 0 Å². The second kappa shape index (κ2) is 6.51. The third-order valence-electron chi connectivity index (χ3n) is 3.64. The largest absolute Gasteiger partial charge is 0.329 e. The molecule has 0 aliphatic heterocycles. The Morgan fingerprint density at radius 2 is 2.14 bits per heavy atom. The van der Waals surface area contributed by atoms with Gasteiger partial charge in [0, 0.05) is 12.1 Å². The smallest absolute Gasteiger partial charge is 0.241 e. The van der Waals surface area contributed by atoms with Crippen LogP contribution in [0.2, 0.25) is 5.02 Å². The predicted molar refractivity (Wildman–Crippen MR) is 83.9 cm³/mol. The minimum Gasteiger partial charge on any atom is -0.329 e. The van der Waals surface area contributed by atoms with Gasteiger partial charge in [0.05, 0.1) is 15.5 Å². The van der Waals surface area contributed by atoms with Gasteiger partial charge in [0.15, 0.2) is 0 Å². The lowest BCUT2D eigenvalue weighted by Crippen LogP contribution is -2.52. The quantitative estimate of drug-likeness (QED) is 0.849. The highest BCUT2D eigenvalue weighted by atomic mass is 35.5. The lowest BCUT2D eigenvalue weighted by Gasteiger charge is -2.29. The van der Waals surface area contributed by atoms with Crippen molar-refractivity contribution in [1.29, 1.82) is 5.26 Å². The minimum absolute atomic E-state index is 0. The zero-order chi connectivity index (χ0) is 15.0. The molecule has 5 nitrogen and oxygen atoms in total. The number of nitrogens with zero attached hydrogens (tertiary/aromatic N) is 1. The molecule has 0 aromatic heterocycles. The molecule has 116 valence electrons. The number of nitriles is 1. The molecular formula is C13H17Cl2N3O2S. The van der Waals surface area contributed by atoms with Crippen LogP contribution in [0.4, 0.5) is 0 Å². The Kier molecular flexibility index (Phi) is 5.64. The second-order valence-corrected chi connectivity index (χ2v) is 7.34. The minimum atomic E-state index is -3.71. The van der Waals surface area contributed by atoms with Gasteiger partial charge in [0.1, 0.15) is 6.07 Å². The van der Waals surface area contributed by atoms with Crippen molar-refractivity contribution in [3.05, 3.63) is 28.8 Å². The lowest BCUT2D eigenvalue weighted by atomic mass is 9.98. The molecule has 1 fully saturated rings. The molecular weight excluding hydrogens is 333 g/mol. The van der Waals surface area contributed by atoms with Gasteiger partial charge >= 0.3 is 0 Å². The SMILES string of the molecule is CC(CN)(NS(=O)(=O)c1ccc(C#N)c(Cl)c1)C1CC1.Cl. The van der Waals surface area contributed by atoms with Gasteiger partial charge in [-0.05, 0) is 43.9 Å². The summed E-state index contributed by atoms with van der Waals surface area (Å²) in [5.74, 6) is 0.274. The maximum atomic E-state index is 12.4. The molecule has 0 radical (unpaired) electrons. The molecule has 0 bridgehead atoms. The monoisotopic (exact) mass is 349 g/mol. The molecule has 1 aromatic carbocycles. The predicted octanol–water partition coefficient (Wildman–Crippen LogP) is 2.04. The van der Waals surface area contributed by atoms with Crippen LogP contribution in [-0.2, 0) is 10.0 Å². The van der Waals surface area contributed by atoms with Crippen LogP contribution in [0, 0.1) is 17.2 Å². The Bertz CT molecular complexity index is 668. The summed E-state index contributed by atoms with van der Waals surface area (Å²) in [6.45, 7) is 2.05. The van der Waals surface area contributed by atoms with Crippen LogP contribution in [0.5, 0.6) is 0 Å². The maximum absolute atomic E-state index is 12.4. The van der Waals surface area contributed by atoms with Crippen molar-refractivity contribution in [1.82, 2.24) is 4.72 Å². The zero-order valence-corrected chi connectivity index (χ0v) is 13.9.